The van der Waals surface area contributed by atoms with Gasteiger partial charge in [0.15, 0.2) is 0 Å². The van der Waals surface area contributed by atoms with Gasteiger partial charge in [0.1, 0.15) is 0 Å². The molecule has 0 fully saturated rings. The smallest absolute Gasteiger partial charge is 0.305 e. The first-order valence-electron chi connectivity index (χ1n) is 23.7. The van der Waals surface area contributed by atoms with Crippen LogP contribution < -0.4 is 5.32 Å². The van der Waals surface area contributed by atoms with Crippen LogP contribution >= 0.6 is 0 Å². The van der Waals surface area contributed by atoms with Gasteiger partial charge in [-0.2, -0.15) is 0 Å². The second-order valence-electron chi connectivity index (χ2n) is 16.1. The number of nitrogens with one attached hydrogen (secondary N) is 1. The lowest BCUT2D eigenvalue weighted by Crippen LogP contribution is -2.45. The molecule has 6 heteroatoms. The first-order chi connectivity index (χ1) is 27.0. The van der Waals surface area contributed by atoms with Crippen LogP contribution in [0.4, 0.5) is 0 Å². The number of carbonyl (C=O) groups excluding carboxylic acids is 2. The summed E-state index contributed by atoms with van der Waals surface area (Å²) in [6.07, 6.45) is 52.5. The molecule has 2 atom stereocenters. The van der Waals surface area contributed by atoms with E-state index in [1.165, 1.54) is 116 Å². The van der Waals surface area contributed by atoms with Crippen LogP contribution in [0.25, 0.3) is 0 Å². The van der Waals surface area contributed by atoms with Crippen molar-refractivity contribution < 1.29 is 24.5 Å². The number of amides is 1. The minimum Gasteiger partial charge on any atom is -0.466 e. The second-order valence-corrected chi connectivity index (χ2v) is 16.1. The molecule has 0 aliphatic rings. The number of aliphatic hydroxyl groups is 2. The molecule has 0 rings (SSSR count). The molecule has 55 heavy (non-hydrogen) atoms. The first-order valence-corrected chi connectivity index (χ1v) is 23.7. The largest absolute Gasteiger partial charge is 0.466 e. The molecule has 0 aromatic heterocycles. The van der Waals surface area contributed by atoms with E-state index in [0.717, 1.165) is 89.9 Å². The molecule has 0 aliphatic heterocycles. The minimum atomic E-state index is -0.686. The molecule has 322 valence electrons. The molecule has 2 unspecified atom stereocenters. The highest BCUT2D eigenvalue weighted by Gasteiger charge is 2.20. The lowest BCUT2D eigenvalue weighted by molar-refractivity contribution is -0.143. The lowest BCUT2D eigenvalue weighted by Gasteiger charge is -2.22. The number of allylic oxidation sites excluding steroid dienone is 6. The van der Waals surface area contributed by atoms with Gasteiger partial charge in [0.25, 0.3) is 0 Å². The Kier molecular flexibility index (Phi) is 43.2. The third-order valence-electron chi connectivity index (χ3n) is 10.6. The summed E-state index contributed by atoms with van der Waals surface area (Å²) in [4.78, 5) is 24.4. The van der Waals surface area contributed by atoms with E-state index in [1.807, 2.05) is 0 Å². The number of hydrogen-bond donors (Lipinski definition) is 3. The Morgan fingerprint density at radius 3 is 1.47 bits per heavy atom. The highest BCUT2D eigenvalue weighted by Crippen LogP contribution is 2.15. The summed E-state index contributed by atoms with van der Waals surface area (Å²) in [5.41, 5.74) is 0. The molecular formula is C49H91NO5. The summed E-state index contributed by atoms with van der Waals surface area (Å²) in [6, 6.07) is -0.567. The van der Waals surface area contributed by atoms with Gasteiger partial charge in [-0.3, -0.25) is 9.59 Å². The maximum absolute atomic E-state index is 12.4. The monoisotopic (exact) mass is 774 g/mol. The van der Waals surface area contributed by atoms with Gasteiger partial charge in [-0.05, 0) is 77.0 Å². The van der Waals surface area contributed by atoms with Crippen molar-refractivity contribution in [2.45, 2.75) is 251 Å². The average molecular weight is 774 g/mol. The van der Waals surface area contributed by atoms with Crippen molar-refractivity contribution in [2.24, 2.45) is 0 Å². The van der Waals surface area contributed by atoms with Gasteiger partial charge in [-0.15, -0.1) is 0 Å². The summed E-state index contributed by atoms with van der Waals surface area (Å²) in [6.45, 7) is 4.78. The van der Waals surface area contributed by atoms with Crippen LogP contribution in [0.15, 0.2) is 36.5 Å². The van der Waals surface area contributed by atoms with Crippen molar-refractivity contribution in [1.29, 1.82) is 0 Å². The Morgan fingerprint density at radius 1 is 0.509 bits per heavy atom. The van der Waals surface area contributed by atoms with Crippen LogP contribution in [0.2, 0.25) is 0 Å². The van der Waals surface area contributed by atoms with Gasteiger partial charge in [-0.25, -0.2) is 0 Å². The summed E-state index contributed by atoms with van der Waals surface area (Å²) in [5.74, 6) is -0.125. The van der Waals surface area contributed by atoms with Gasteiger partial charge in [-0.1, -0.05) is 185 Å². The quantitative estimate of drug-likeness (QED) is 0.0326. The zero-order valence-electron chi connectivity index (χ0n) is 36.4. The zero-order chi connectivity index (χ0) is 40.1. The van der Waals surface area contributed by atoms with Gasteiger partial charge in [0.05, 0.1) is 25.4 Å². The number of ether oxygens (including phenoxy) is 1. The van der Waals surface area contributed by atoms with Crippen LogP contribution in [-0.4, -0.2) is 47.4 Å². The molecule has 1 amide bonds. The normalized spacial score (nSPS) is 13.0. The summed E-state index contributed by atoms with van der Waals surface area (Å²) >= 11 is 0. The minimum absolute atomic E-state index is 0.0523. The van der Waals surface area contributed by atoms with Crippen LogP contribution in [0, 0.1) is 0 Å². The highest BCUT2D eigenvalue weighted by atomic mass is 16.5. The van der Waals surface area contributed by atoms with Crippen molar-refractivity contribution in [3.8, 4) is 0 Å². The van der Waals surface area contributed by atoms with Gasteiger partial charge in [0.2, 0.25) is 5.91 Å². The molecule has 0 heterocycles. The number of unbranched alkanes of at least 4 members (excludes halogenated alkanes) is 26. The predicted octanol–water partition coefficient (Wildman–Crippen LogP) is 13.7. The van der Waals surface area contributed by atoms with Crippen LogP contribution in [0.5, 0.6) is 0 Å². The van der Waals surface area contributed by atoms with E-state index in [1.54, 1.807) is 0 Å². The van der Waals surface area contributed by atoms with Gasteiger partial charge < -0.3 is 20.3 Å². The maximum Gasteiger partial charge on any atom is 0.305 e. The molecule has 0 aromatic rings. The SMILES string of the molecule is CCC/C=C\C/C=C\CCCCCCCC(=O)OCCCC/C=C\CCCCCCC(=O)NC(CO)C(O)CCCCCCCCCCCCCCCCC. The molecule has 0 aromatic carbocycles. The average Bonchev–Trinajstić information content (AvgIpc) is 3.18. The Bertz CT molecular complexity index is 900. The third kappa shape index (κ3) is 41.5. The van der Waals surface area contributed by atoms with E-state index in [2.05, 4.69) is 55.6 Å². The molecular weight excluding hydrogens is 683 g/mol. The Balaban J connectivity index is 3.56. The second kappa shape index (κ2) is 44.8. The maximum atomic E-state index is 12.4. The predicted molar refractivity (Wildman–Crippen MR) is 236 cm³/mol. The van der Waals surface area contributed by atoms with E-state index in [0.29, 0.717) is 25.9 Å². The van der Waals surface area contributed by atoms with Crippen LogP contribution in [-0.2, 0) is 14.3 Å². The fourth-order valence-corrected chi connectivity index (χ4v) is 6.96. The van der Waals surface area contributed by atoms with Crippen LogP contribution in [0.1, 0.15) is 239 Å². The molecule has 0 aliphatic carbocycles. The van der Waals surface area contributed by atoms with Crippen molar-refractivity contribution in [1.82, 2.24) is 5.32 Å². The number of hydrogen-bond acceptors (Lipinski definition) is 5. The molecule has 0 saturated carbocycles. The fourth-order valence-electron chi connectivity index (χ4n) is 6.96. The zero-order valence-corrected chi connectivity index (χ0v) is 36.4. The van der Waals surface area contributed by atoms with Crippen molar-refractivity contribution >= 4 is 11.9 Å². The Labute approximate surface area is 341 Å². The van der Waals surface area contributed by atoms with Crippen molar-refractivity contribution in [3.05, 3.63) is 36.5 Å². The van der Waals surface area contributed by atoms with E-state index in [9.17, 15) is 19.8 Å². The third-order valence-corrected chi connectivity index (χ3v) is 10.6. The van der Waals surface area contributed by atoms with Crippen molar-refractivity contribution in [3.63, 3.8) is 0 Å². The van der Waals surface area contributed by atoms with E-state index < -0.39 is 12.1 Å². The Hall–Kier alpha value is -1.92. The van der Waals surface area contributed by atoms with Gasteiger partial charge in [0, 0.05) is 12.8 Å². The summed E-state index contributed by atoms with van der Waals surface area (Å²) in [7, 11) is 0. The number of carbonyl (C=O) groups is 2. The fraction of sp³-hybridized carbons (Fsp3) is 0.837. The van der Waals surface area contributed by atoms with Crippen molar-refractivity contribution in [2.75, 3.05) is 13.2 Å². The summed E-state index contributed by atoms with van der Waals surface area (Å²) in [5, 5.41) is 23.2. The molecule has 0 bridgehead atoms. The molecule has 0 saturated heterocycles. The van der Waals surface area contributed by atoms with E-state index in [-0.39, 0.29) is 18.5 Å². The van der Waals surface area contributed by atoms with Crippen LogP contribution in [0.3, 0.4) is 0 Å². The number of aliphatic hydroxyl groups excluding tert-OH is 2. The highest BCUT2D eigenvalue weighted by molar-refractivity contribution is 5.76. The van der Waals surface area contributed by atoms with E-state index in [4.69, 9.17) is 4.74 Å². The topological polar surface area (TPSA) is 95.9 Å². The first kappa shape index (κ1) is 53.1. The molecule has 6 nitrogen and oxygen atoms in total. The standard InChI is InChI=1S/C49H91NO5/c1-3-5-7-9-11-13-15-17-18-20-21-25-29-33-37-41-47(52)46(45-51)50-48(53)42-38-34-30-26-23-24-28-32-36-40-44-55-49(54)43-39-35-31-27-22-19-16-14-12-10-8-6-4-2/h8,10,14,16,24,28,46-47,51-52H,3-7,9,11-13,15,17-23,25-27,29-45H2,1-2H3,(H,50,53)/b10-8-,16-14-,28-24-. The number of rotatable bonds is 43. The number of esters is 1. The molecule has 3 N–H and O–H groups in total. The van der Waals surface area contributed by atoms with Gasteiger partial charge >= 0.3 is 5.97 Å². The van der Waals surface area contributed by atoms with E-state index >= 15 is 0 Å². The Morgan fingerprint density at radius 2 is 0.945 bits per heavy atom. The summed E-state index contributed by atoms with van der Waals surface area (Å²) < 4.78 is 5.41. The molecule has 0 radical (unpaired) electrons. The lowest BCUT2D eigenvalue weighted by atomic mass is 10.0. The molecule has 0 spiro atoms.